The lowest BCUT2D eigenvalue weighted by Crippen LogP contribution is -2.37. The van der Waals surface area contributed by atoms with Gasteiger partial charge in [0.2, 0.25) is 10.0 Å². The Morgan fingerprint density at radius 2 is 1.81 bits per heavy atom. The Kier molecular flexibility index (Phi) is 6.14. The van der Waals surface area contributed by atoms with Gasteiger partial charge in [-0.15, -0.1) is 0 Å². The van der Waals surface area contributed by atoms with Crippen molar-refractivity contribution in [3.05, 3.63) is 58.4 Å². The largest absolute Gasteiger partial charge is 0.319 e. The highest BCUT2D eigenvalue weighted by Crippen LogP contribution is 2.24. The van der Waals surface area contributed by atoms with Crippen molar-refractivity contribution in [2.24, 2.45) is 18.0 Å². The van der Waals surface area contributed by atoms with Gasteiger partial charge in [0.05, 0.1) is 15.1 Å². The first-order chi connectivity index (χ1) is 14.8. The van der Waals surface area contributed by atoms with Crippen LogP contribution in [0.1, 0.15) is 42.6 Å². The minimum absolute atomic E-state index is 0.220. The molecule has 4 rings (SSSR count). The molecule has 2 heterocycles. The van der Waals surface area contributed by atoms with Crippen LogP contribution in [-0.2, 0) is 23.5 Å². The van der Waals surface area contributed by atoms with Gasteiger partial charge in [-0.1, -0.05) is 31.3 Å². The van der Waals surface area contributed by atoms with Crippen molar-refractivity contribution in [2.75, 3.05) is 13.1 Å². The lowest BCUT2D eigenvalue weighted by Gasteiger charge is -2.29. The van der Waals surface area contributed by atoms with Crippen LogP contribution >= 0.6 is 11.3 Å². The maximum absolute atomic E-state index is 12.9. The molecular weight excluding hydrogens is 430 g/mol. The fourth-order valence-corrected chi connectivity index (χ4v) is 6.35. The van der Waals surface area contributed by atoms with Crippen LogP contribution in [0.25, 0.3) is 10.2 Å². The monoisotopic (exact) mass is 457 g/mol. The molecule has 0 saturated carbocycles. The Labute approximate surface area is 186 Å². The van der Waals surface area contributed by atoms with Crippen molar-refractivity contribution in [3.63, 3.8) is 0 Å². The van der Waals surface area contributed by atoms with Gasteiger partial charge in [-0.05, 0) is 67.1 Å². The maximum atomic E-state index is 12.9. The Morgan fingerprint density at radius 3 is 2.45 bits per heavy atom. The number of hydrogen-bond acceptors (Lipinski definition) is 4. The first-order valence-corrected chi connectivity index (χ1v) is 12.8. The molecule has 0 spiro atoms. The number of carbonyl (C=O) groups is 1. The van der Waals surface area contributed by atoms with Crippen molar-refractivity contribution >= 4 is 37.5 Å². The minimum Gasteiger partial charge on any atom is -0.319 e. The second-order valence-electron chi connectivity index (χ2n) is 8.13. The van der Waals surface area contributed by atoms with Crippen LogP contribution in [0.2, 0.25) is 0 Å². The summed E-state index contributed by atoms with van der Waals surface area (Å²) in [4.78, 5) is 17.9. The highest BCUT2D eigenvalue weighted by molar-refractivity contribution is 7.89. The summed E-state index contributed by atoms with van der Waals surface area (Å²) in [6.07, 6.45) is 2.70. The van der Waals surface area contributed by atoms with Gasteiger partial charge >= 0.3 is 0 Å². The highest BCUT2D eigenvalue weighted by atomic mass is 32.2. The standard InChI is InChI=1S/C23H27N3O3S2/c1-4-17-5-10-20-21(15-17)30-23(25(20)3)24-22(27)18-6-8-19(9-7-18)31(28,29)26-13-11-16(2)12-14-26/h5-10,15-16H,4,11-14H2,1-3H3. The zero-order chi connectivity index (χ0) is 22.2. The number of benzene rings is 2. The summed E-state index contributed by atoms with van der Waals surface area (Å²) >= 11 is 1.48. The van der Waals surface area contributed by atoms with Crippen molar-refractivity contribution in [3.8, 4) is 0 Å². The van der Waals surface area contributed by atoms with Gasteiger partial charge in [0.15, 0.2) is 4.80 Å². The fraction of sp³-hybridized carbons (Fsp3) is 0.391. The Morgan fingerprint density at radius 1 is 1.13 bits per heavy atom. The molecule has 2 aromatic carbocycles. The fourth-order valence-electron chi connectivity index (χ4n) is 3.80. The number of rotatable bonds is 4. The zero-order valence-electron chi connectivity index (χ0n) is 18.0. The number of fused-ring (bicyclic) bond motifs is 1. The van der Waals surface area contributed by atoms with E-state index in [-0.39, 0.29) is 10.8 Å². The highest BCUT2D eigenvalue weighted by Gasteiger charge is 2.28. The van der Waals surface area contributed by atoms with Crippen LogP contribution in [0, 0.1) is 5.92 Å². The molecular formula is C23H27N3O3S2. The van der Waals surface area contributed by atoms with E-state index in [2.05, 4.69) is 37.0 Å². The molecule has 0 radical (unpaired) electrons. The molecule has 0 aliphatic carbocycles. The third kappa shape index (κ3) is 4.37. The number of nitrogens with zero attached hydrogens (tertiary/aromatic N) is 3. The third-order valence-electron chi connectivity index (χ3n) is 5.96. The average Bonchev–Trinajstić information content (AvgIpc) is 3.08. The van der Waals surface area contributed by atoms with Crippen molar-refractivity contribution in [1.82, 2.24) is 8.87 Å². The van der Waals surface area contributed by atoms with Crippen LogP contribution in [0.3, 0.4) is 0 Å². The van der Waals surface area contributed by atoms with Crippen LogP contribution in [0.4, 0.5) is 0 Å². The third-order valence-corrected chi connectivity index (χ3v) is 8.97. The number of aryl methyl sites for hydroxylation is 2. The zero-order valence-corrected chi connectivity index (χ0v) is 19.7. The van der Waals surface area contributed by atoms with E-state index in [1.54, 1.807) is 12.1 Å². The van der Waals surface area contributed by atoms with E-state index in [0.29, 0.717) is 29.4 Å². The van der Waals surface area contributed by atoms with Gasteiger partial charge in [0.25, 0.3) is 5.91 Å². The molecule has 3 aromatic rings. The van der Waals surface area contributed by atoms with E-state index >= 15 is 0 Å². The molecule has 1 aromatic heterocycles. The summed E-state index contributed by atoms with van der Waals surface area (Å²) in [5.41, 5.74) is 2.65. The number of amides is 1. The van der Waals surface area contributed by atoms with Gasteiger partial charge in [-0.3, -0.25) is 4.79 Å². The molecule has 6 nitrogen and oxygen atoms in total. The Bertz CT molecular complexity index is 1280. The summed E-state index contributed by atoms with van der Waals surface area (Å²) < 4.78 is 30.3. The lowest BCUT2D eigenvalue weighted by molar-refractivity contribution is 0.0998. The summed E-state index contributed by atoms with van der Waals surface area (Å²) in [5, 5.41) is 0. The average molecular weight is 458 g/mol. The van der Waals surface area contributed by atoms with Crippen LogP contribution < -0.4 is 4.80 Å². The molecule has 8 heteroatoms. The quantitative estimate of drug-likeness (QED) is 0.595. The van der Waals surface area contributed by atoms with Gasteiger partial charge < -0.3 is 4.57 Å². The molecule has 0 N–H and O–H groups in total. The first-order valence-electron chi connectivity index (χ1n) is 10.6. The number of carbonyl (C=O) groups excluding carboxylic acids is 1. The molecule has 1 aliphatic rings. The van der Waals surface area contributed by atoms with E-state index in [1.807, 2.05) is 11.6 Å². The number of piperidine rings is 1. The second kappa shape index (κ2) is 8.68. The molecule has 0 unspecified atom stereocenters. The summed E-state index contributed by atoms with van der Waals surface area (Å²) in [7, 11) is -1.63. The number of aromatic nitrogens is 1. The molecule has 1 saturated heterocycles. The number of sulfonamides is 1. The smallest absolute Gasteiger partial charge is 0.279 e. The molecule has 1 amide bonds. The van der Waals surface area contributed by atoms with E-state index in [0.717, 1.165) is 29.5 Å². The van der Waals surface area contributed by atoms with Gasteiger partial charge in [0, 0.05) is 25.7 Å². The van der Waals surface area contributed by atoms with E-state index in [9.17, 15) is 13.2 Å². The predicted molar refractivity (Wildman–Crippen MR) is 124 cm³/mol. The Balaban J connectivity index is 1.59. The molecule has 164 valence electrons. The summed E-state index contributed by atoms with van der Waals surface area (Å²) in [5.74, 6) is 0.172. The summed E-state index contributed by atoms with van der Waals surface area (Å²) in [6, 6.07) is 12.4. The van der Waals surface area contributed by atoms with Crippen LogP contribution in [-0.4, -0.2) is 36.3 Å². The predicted octanol–water partition coefficient (Wildman–Crippen LogP) is 3.96. The van der Waals surface area contributed by atoms with Crippen molar-refractivity contribution < 1.29 is 13.2 Å². The van der Waals surface area contributed by atoms with Gasteiger partial charge in [-0.2, -0.15) is 9.30 Å². The van der Waals surface area contributed by atoms with Crippen LogP contribution in [0.15, 0.2) is 52.4 Å². The molecule has 0 bridgehead atoms. The minimum atomic E-state index is -3.53. The van der Waals surface area contributed by atoms with Crippen LogP contribution in [0.5, 0.6) is 0 Å². The maximum Gasteiger partial charge on any atom is 0.279 e. The van der Waals surface area contributed by atoms with Gasteiger partial charge in [-0.25, -0.2) is 8.42 Å². The van der Waals surface area contributed by atoms with Gasteiger partial charge in [0.1, 0.15) is 0 Å². The number of hydrogen-bond donors (Lipinski definition) is 0. The lowest BCUT2D eigenvalue weighted by atomic mass is 10.0. The topological polar surface area (TPSA) is 71.7 Å². The normalized spacial score (nSPS) is 16.8. The molecule has 0 atom stereocenters. The second-order valence-corrected chi connectivity index (χ2v) is 11.1. The van der Waals surface area contributed by atoms with Crippen molar-refractivity contribution in [1.29, 1.82) is 0 Å². The molecule has 1 aliphatic heterocycles. The van der Waals surface area contributed by atoms with E-state index in [1.165, 1.54) is 33.3 Å². The Hall–Kier alpha value is -2.29. The first kappa shape index (κ1) is 21.9. The SMILES string of the molecule is CCc1ccc2c(c1)sc(=NC(=O)c1ccc(S(=O)(=O)N3CCC(C)CC3)cc1)n2C. The van der Waals surface area contributed by atoms with E-state index < -0.39 is 10.0 Å². The van der Waals surface area contributed by atoms with E-state index in [4.69, 9.17) is 0 Å². The summed E-state index contributed by atoms with van der Waals surface area (Å²) in [6.45, 7) is 5.34. The molecule has 31 heavy (non-hydrogen) atoms. The van der Waals surface area contributed by atoms with Crippen molar-refractivity contribution in [2.45, 2.75) is 38.0 Å². The number of thiazole rings is 1. The molecule has 1 fully saturated rings.